The molecule has 2 aromatic rings. The molecule has 24 heavy (non-hydrogen) atoms. The molecule has 0 amide bonds. The zero-order chi connectivity index (χ0) is 17.0. The summed E-state index contributed by atoms with van der Waals surface area (Å²) in [6, 6.07) is 19.5. The highest BCUT2D eigenvalue weighted by molar-refractivity contribution is 7.79. The molecule has 1 N–H and O–H groups in total. The first-order valence-electron chi connectivity index (χ1n) is 9.04. The minimum absolute atomic E-state index is 0.227. The molecule has 0 aliphatic heterocycles. The zero-order valence-electron chi connectivity index (χ0n) is 14.4. The molecule has 1 aliphatic rings. The average Bonchev–Trinajstić information content (AvgIpc) is 2.64. The van der Waals surface area contributed by atoms with Gasteiger partial charge in [0.1, 0.15) is 7.14 Å². The van der Waals surface area contributed by atoms with E-state index in [1.807, 2.05) is 60.7 Å². The topological polar surface area (TPSA) is 37.3 Å². The van der Waals surface area contributed by atoms with E-state index >= 15 is 0 Å². The van der Waals surface area contributed by atoms with Crippen molar-refractivity contribution in [2.24, 2.45) is 0 Å². The van der Waals surface area contributed by atoms with Crippen molar-refractivity contribution in [1.29, 1.82) is 0 Å². The van der Waals surface area contributed by atoms with Gasteiger partial charge in [0.15, 0.2) is 0 Å². The Morgan fingerprint density at radius 1 is 0.917 bits per heavy atom. The highest BCUT2D eigenvalue weighted by Gasteiger charge is 2.48. The van der Waals surface area contributed by atoms with Crippen molar-refractivity contribution in [3.05, 3.63) is 60.7 Å². The fraction of sp³-hybridized carbons (Fsp3) is 0.429. The smallest absolute Gasteiger partial charge is 0.148 e. The number of hydrogen-bond donors (Lipinski definition) is 1. The van der Waals surface area contributed by atoms with E-state index in [2.05, 4.69) is 6.92 Å². The molecule has 3 heteroatoms. The third-order valence-electron chi connectivity index (χ3n) is 5.44. The van der Waals surface area contributed by atoms with E-state index in [1.54, 1.807) is 0 Å². The molecule has 0 aromatic heterocycles. The number of benzene rings is 2. The van der Waals surface area contributed by atoms with Gasteiger partial charge in [-0.15, -0.1) is 0 Å². The van der Waals surface area contributed by atoms with Gasteiger partial charge in [-0.3, -0.25) is 0 Å². The van der Waals surface area contributed by atoms with Crippen LogP contribution in [0, 0.1) is 0 Å². The van der Waals surface area contributed by atoms with Crippen LogP contribution in [-0.4, -0.2) is 16.4 Å². The summed E-state index contributed by atoms with van der Waals surface area (Å²) in [5.74, 6) is 0. The van der Waals surface area contributed by atoms with Gasteiger partial charge < -0.3 is 9.67 Å². The quantitative estimate of drug-likeness (QED) is 0.814. The summed E-state index contributed by atoms with van der Waals surface area (Å²) in [5, 5.41) is 13.1. The van der Waals surface area contributed by atoms with Gasteiger partial charge in [-0.2, -0.15) is 0 Å². The molecule has 1 atom stereocenters. The summed E-state index contributed by atoms with van der Waals surface area (Å²) >= 11 is 0. The number of hydrogen-bond acceptors (Lipinski definition) is 2. The molecule has 0 heterocycles. The van der Waals surface area contributed by atoms with Crippen LogP contribution in [0.15, 0.2) is 60.7 Å². The Morgan fingerprint density at radius 3 is 1.79 bits per heavy atom. The molecule has 1 unspecified atom stereocenters. The van der Waals surface area contributed by atoms with Crippen molar-refractivity contribution in [2.45, 2.75) is 56.7 Å². The van der Waals surface area contributed by atoms with Crippen molar-refractivity contribution in [3.63, 3.8) is 0 Å². The van der Waals surface area contributed by atoms with Crippen LogP contribution in [0.3, 0.4) is 0 Å². The number of rotatable bonds is 5. The third-order valence-corrected chi connectivity index (χ3v) is 9.30. The molecule has 1 aliphatic carbocycles. The molecule has 0 saturated heterocycles. The summed E-state index contributed by atoms with van der Waals surface area (Å²) in [5.41, 5.74) is -1.05. The lowest BCUT2D eigenvalue weighted by Gasteiger charge is -2.43. The highest BCUT2D eigenvalue weighted by Crippen LogP contribution is 2.56. The summed E-state index contributed by atoms with van der Waals surface area (Å²) in [4.78, 5) is 0. The van der Waals surface area contributed by atoms with Crippen LogP contribution in [0.2, 0.25) is 0 Å². The lowest BCUT2D eigenvalue weighted by atomic mass is 9.81. The van der Waals surface area contributed by atoms with Gasteiger partial charge in [-0.05, 0) is 19.3 Å². The summed E-state index contributed by atoms with van der Waals surface area (Å²) < 4.78 is 14.5. The van der Waals surface area contributed by atoms with E-state index < -0.39 is 12.7 Å². The minimum Gasteiger partial charge on any atom is -0.389 e. The number of aliphatic hydroxyl groups is 1. The maximum absolute atomic E-state index is 14.5. The van der Waals surface area contributed by atoms with Crippen LogP contribution in [0.1, 0.15) is 45.4 Å². The van der Waals surface area contributed by atoms with E-state index in [9.17, 15) is 9.67 Å². The maximum Gasteiger partial charge on any atom is 0.148 e. The van der Waals surface area contributed by atoms with Gasteiger partial charge in [0.05, 0.1) is 5.60 Å². The highest BCUT2D eigenvalue weighted by atomic mass is 31.2. The average molecular weight is 342 g/mol. The fourth-order valence-electron chi connectivity index (χ4n) is 4.28. The Bertz CT molecular complexity index is 647. The maximum atomic E-state index is 14.5. The Morgan fingerprint density at radius 2 is 1.38 bits per heavy atom. The molecule has 0 radical (unpaired) electrons. The molecule has 3 rings (SSSR count). The van der Waals surface area contributed by atoms with Gasteiger partial charge in [0.2, 0.25) is 0 Å². The largest absolute Gasteiger partial charge is 0.389 e. The summed E-state index contributed by atoms with van der Waals surface area (Å²) in [7, 11) is -2.92. The lowest BCUT2D eigenvalue weighted by Crippen LogP contribution is -2.46. The van der Waals surface area contributed by atoms with E-state index in [0.717, 1.165) is 42.7 Å². The van der Waals surface area contributed by atoms with Crippen molar-refractivity contribution >= 4 is 17.8 Å². The van der Waals surface area contributed by atoms with Crippen molar-refractivity contribution in [1.82, 2.24) is 0 Å². The van der Waals surface area contributed by atoms with Crippen LogP contribution in [-0.2, 0) is 4.57 Å². The van der Waals surface area contributed by atoms with Crippen molar-refractivity contribution in [3.8, 4) is 0 Å². The van der Waals surface area contributed by atoms with Crippen LogP contribution in [0.4, 0.5) is 0 Å². The Balaban J connectivity index is 2.15. The van der Waals surface area contributed by atoms with Crippen LogP contribution in [0.25, 0.3) is 0 Å². The van der Waals surface area contributed by atoms with E-state index in [4.69, 9.17) is 0 Å². The summed E-state index contributed by atoms with van der Waals surface area (Å²) in [6.07, 6.45) is 5.45. The van der Waals surface area contributed by atoms with E-state index in [-0.39, 0.29) is 5.66 Å². The predicted molar refractivity (Wildman–Crippen MR) is 102 cm³/mol. The molecular weight excluding hydrogens is 315 g/mol. The first kappa shape index (κ1) is 17.5. The van der Waals surface area contributed by atoms with Crippen LogP contribution >= 0.6 is 7.14 Å². The first-order chi connectivity index (χ1) is 11.6. The van der Waals surface area contributed by atoms with Crippen molar-refractivity contribution < 1.29 is 9.67 Å². The Kier molecular flexibility index (Phi) is 5.27. The Labute approximate surface area is 145 Å². The first-order valence-corrected chi connectivity index (χ1v) is 10.8. The van der Waals surface area contributed by atoms with Gasteiger partial charge in [0, 0.05) is 16.3 Å². The SMILES string of the molecule is CCC(C1(O)CCCCC1)P(=O)(c1ccccc1)c1ccccc1. The van der Waals surface area contributed by atoms with Crippen molar-refractivity contribution in [2.75, 3.05) is 0 Å². The fourth-order valence-corrected chi connectivity index (χ4v) is 7.98. The van der Waals surface area contributed by atoms with E-state index in [1.165, 1.54) is 6.42 Å². The third kappa shape index (κ3) is 3.10. The van der Waals surface area contributed by atoms with E-state index in [0.29, 0.717) is 0 Å². The zero-order valence-corrected chi connectivity index (χ0v) is 15.3. The summed E-state index contributed by atoms with van der Waals surface area (Å²) in [6.45, 7) is 2.07. The lowest BCUT2D eigenvalue weighted by molar-refractivity contribution is -0.000853. The second kappa shape index (κ2) is 7.25. The normalized spacial score (nSPS) is 18.9. The monoisotopic (exact) mass is 342 g/mol. The van der Waals surface area contributed by atoms with Crippen LogP contribution in [0.5, 0.6) is 0 Å². The molecular formula is C21H27O2P. The second-order valence-corrected chi connectivity index (χ2v) is 9.89. The van der Waals surface area contributed by atoms with Crippen LogP contribution < -0.4 is 10.6 Å². The molecule has 0 bridgehead atoms. The van der Waals surface area contributed by atoms with Gasteiger partial charge >= 0.3 is 0 Å². The molecule has 2 aromatic carbocycles. The molecule has 128 valence electrons. The standard InChI is InChI=1S/C21H27O2P/c1-2-20(21(22)16-10-5-11-17-21)24(23,18-12-6-3-7-13-18)19-14-8-4-9-15-19/h3-4,6-9,12-15,20,22H,2,5,10-11,16-17H2,1H3. The van der Waals surface area contributed by atoms with Gasteiger partial charge in [-0.1, -0.05) is 86.8 Å². The molecule has 1 saturated carbocycles. The molecule has 1 fully saturated rings. The second-order valence-electron chi connectivity index (χ2n) is 6.92. The molecule has 2 nitrogen and oxygen atoms in total. The predicted octanol–water partition coefficient (Wildman–Crippen LogP) is 4.47. The van der Waals surface area contributed by atoms with Gasteiger partial charge in [-0.25, -0.2) is 0 Å². The molecule has 0 spiro atoms. The van der Waals surface area contributed by atoms with Gasteiger partial charge in [0.25, 0.3) is 0 Å². The minimum atomic E-state index is -2.92. The Hall–Kier alpha value is -1.37.